The molecule has 0 aliphatic rings. The fourth-order valence-corrected chi connectivity index (χ4v) is 2.74. The molecule has 26 heavy (non-hydrogen) atoms. The summed E-state index contributed by atoms with van der Waals surface area (Å²) in [5, 5.41) is 8.31. The highest BCUT2D eigenvalue weighted by Crippen LogP contribution is 2.30. The molecule has 0 N–H and O–H groups in total. The van der Waals surface area contributed by atoms with E-state index in [9.17, 15) is 9.59 Å². The van der Waals surface area contributed by atoms with Gasteiger partial charge in [-0.2, -0.15) is 0 Å². The molecule has 9 heteroatoms. The molecule has 0 atom stereocenters. The topological polar surface area (TPSA) is 103 Å². The van der Waals surface area contributed by atoms with Gasteiger partial charge in [0.25, 0.3) is 0 Å². The fourth-order valence-electron chi connectivity index (χ4n) is 1.97. The number of hydrogen-bond donors (Lipinski definition) is 0. The normalized spacial score (nSPS) is 10.7. The summed E-state index contributed by atoms with van der Waals surface area (Å²) in [5.74, 6) is -1.35. The van der Waals surface area contributed by atoms with Crippen molar-refractivity contribution in [1.82, 2.24) is 4.98 Å². The molecule has 0 fully saturated rings. The van der Waals surface area contributed by atoms with Crippen molar-refractivity contribution in [2.45, 2.75) is 20.8 Å². The van der Waals surface area contributed by atoms with E-state index >= 15 is 0 Å². The number of ether oxygens (including phenoxy) is 2. The van der Waals surface area contributed by atoms with Gasteiger partial charge < -0.3 is 9.47 Å². The molecule has 0 saturated carbocycles. The second kappa shape index (κ2) is 8.95. The summed E-state index contributed by atoms with van der Waals surface area (Å²) in [7, 11) is 0. The van der Waals surface area contributed by atoms with Gasteiger partial charge in [0.2, 0.25) is 5.13 Å². The van der Waals surface area contributed by atoms with Gasteiger partial charge in [0, 0.05) is 0 Å². The number of esters is 2. The average Bonchev–Trinajstić information content (AvgIpc) is 3.05. The molecular weight excluding hydrogens is 356 g/mol. The van der Waals surface area contributed by atoms with Crippen LogP contribution in [0.3, 0.4) is 0 Å². The largest absolute Gasteiger partial charge is 0.462 e. The van der Waals surface area contributed by atoms with Gasteiger partial charge in [0.15, 0.2) is 5.69 Å². The van der Waals surface area contributed by atoms with Crippen LogP contribution < -0.4 is 0 Å². The third-order valence-corrected chi connectivity index (χ3v) is 4.07. The van der Waals surface area contributed by atoms with Crippen LogP contribution in [0.25, 0.3) is 0 Å². The predicted molar refractivity (Wildman–Crippen MR) is 98.6 cm³/mol. The van der Waals surface area contributed by atoms with Crippen LogP contribution in [0.1, 0.15) is 39.6 Å². The summed E-state index contributed by atoms with van der Waals surface area (Å²) >= 11 is 0.919. The first-order valence-electron chi connectivity index (χ1n) is 7.84. The van der Waals surface area contributed by atoms with Crippen molar-refractivity contribution >= 4 is 46.5 Å². The first kappa shape index (κ1) is 19.4. The Morgan fingerprint density at radius 2 is 1.85 bits per heavy atom. The Labute approximate surface area is 154 Å². The number of azo groups is 1. The quantitative estimate of drug-likeness (QED) is 0.402. The van der Waals surface area contributed by atoms with Crippen molar-refractivity contribution in [3.8, 4) is 0 Å². The predicted octanol–water partition coefficient (Wildman–Crippen LogP) is 4.55. The molecule has 136 valence electrons. The SMILES string of the molecule is C=Nc1ccc(/N=N/c2nc(C(=O)OCC)c(C(=O)OCC)s2)c(C)c1. The lowest BCUT2D eigenvalue weighted by atomic mass is 10.2. The van der Waals surface area contributed by atoms with Gasteiger partial charge in [0.05, 0.1) is 24.6 Å². The van der Waals surface area contributed by atoms with E-state index in [1.54, 1.807) is 26.0 Å². The zero-order valence-corrected chi connectivity index (χ0v) is 15.5. The maximum Gasteiger partial charge on any atom is 0.358 e. The van der Waals surface area contributed by atoms with E-state index in [0.29, 0.717) is 5.69 Å². The zero-order chi connectivity index (χ0) is 19.1. The monoisotopic (exact) mass is 374 g/mol. The van der Waals surface area contributed by atoms with E-state index in [-0.39, 0.29) is 28.9 Å². The maximum absolute atomic E-state index is 12.0. The Balaban J connectivity index is 2.34. The molecule has 8 nitrogen and oxygen atoms in total. The van der Waals surface area contributed by atoms with Crippen molar-refractivity contribution in [3.63, 3.8) is 0 Å². The Hall–Kier alpha value is -2.94. The summed E-state index contributed by atoms with van der Waals surface area (Å²) < 4.78 is 9.88. The molecule has 0 saturated heterocycles. The summed E-state index contributed by atoms with van der Waals surface area (Å²) in [6, 6.07) is 5.32. The molecule has 2 rings (SSSR count). The van der Waals surface area contributed by atoms with E-state index in [0.717, 1.165) is 22.6 Å². The van der Waals surface area contributed by atoms with Gasteiger partial charge in [-0.05, 0) is 51.3 Å². The Morgan fingerprint density at radius 1 is 1.15 bits per heavy atom. The molecular formula is C17H18N4O4S. The number of thiazole rings is 1. The first-order valence-corrected chi connectivity index (χ1v) is 8.66. The van der Waals surface area contributed by atoms with Crippen LogP contribution in [0, 0.1) is 6.92 Å². The molecule has 0 amide bonds. The number of rotatable bonds is 7. The average molecular weight is 374 g/mol. The summed E-state index contributed by atoms with van der Waals surface area (Å²) in [5.41, 5.74) is 2.08. The number of aliphatic imine (C=N–C) groups is 1. The molecule has 1 heterocycles. The van der Waals surface area contributed by atoms with Gasteiger partial charge >= 0.3 is 11.9 Å². The van der Waals surface area contributed by atoms with E-state index in [4.69, 9.17) is 9.47 Å². The molecule has 0 aliphatic carbocycles. The Morgan fingerprint density at radius 3 is 2.46 bits per heavy atom. The van der Waals surface area contributed by atoms with Crippen LogP contribution in [-0.2, 0) is 9.47 Å². The van der Waals surface area contributed by atoms with E-state index in [1.807, 2.05) is 13.0 Å². The molecule has 2 aromatic rings. The summed E-state index contributed by atoms with van der Waals surface area (Å²) in [4.78, 5) is 32.0. The smallest absolute Gasteiger partial charge is 0.358 e. The number of nitrogens with zero attached hydrogens (tertiary/aromatic N) is 4. The van der Waals surface area contributed by atoms with Gasteiger partial charge in [0.1, 0.15) is 4.88 Å². The van der Waals surface area contributed by atoms with Crippen molar-refractivity contribution in [2.24, 2.45) is 15.2 Å². The minimum atomic E-state index is -0.703. The first-order chi connectivity index (χ1) is 12.5. The standard InChI is InChI=1S/C17H18N4O4S/c1-5-24-15(22)13-14(16(23)25-6-2)26-17(19-13)21-20-12-8-7-11(18-4)9-10(12)3/h7-9H,4-6H2,1-3H3/b21-20+. The van der Waals surface area contributed by atoms with Crippen LogP contribution in [0.2, 0.25) is 0 Å². The molecule has 0 aliphatic heterocycles. The number of benzene rings is 1. The maximum atomic E-state index is 12.0. The Kier molecular flexibility index (Phi) is 6.67. The van der Waals surface area contributed by atoms with Gasteiger partial charge in [-0.3, -0.25) is 4.99 Å². The second-order valence-corrected chi connectivity index (χ2v) is 5.92. The number of hydrogen-bond acceptors (Lipinski definition) is 9. The molecule has 0 spiro atoms. The molecule has 0 bridgehead atoms. The van der Waals surface area contributed by atoms with E-state index in [2.05, 4.69) is 26.9 Å². The van der Waals surface area contributed by atoms with Crippen molar-refractivity contribution < 1.29 is 19.1 Å². The fraction of sp³-hybridized carbons (Fsp3) is 0.294. The molecule has 1 aromatic heterocycles. The van der Waals surface area contributed by atoms with Crippen molar-refractivity contribution in [3.05, 3.63) is 34.3 Å². The molecule has 0 radical (unpaired) electrons. The number of aromatic nitrogens is 1. The van der Waals surface area contributed by atoms with Crippen LogP contribution in [0.5, 0.6) is 0 Å². The lowest BCUT2D eigenvalue weighted by molar-refractivity contribution is 0.0479. The third-order valence-electron chi connectivity index (χ3n) is 3.15. The highest BCUT2D eigenvalue weighted by Gasteiger charge is 2.25. The van der Waals surface area contributed by atoms with Crippen LogP contribution >= 0.6 is 11.3 Å². The number of aryl methyl sites for hydroxylation is 1. The summed E-state index contributed by atoms with van der Waals surface area (Å²) in [6.45, 7) is 9.02. The van der Waals surface area contributed by atoms with Gasteiger partial charge in [-0.15, -0.1) is 10.2 Å². The lowest BCUT2D eigenvalue weighted by Gasteiger charge is -2.01. The van der Waals surface area contributed by atoms with Crippen molar-refractivity contribution in [1.29, 1.82) is 0 Å². The number of carbonyl (C=O) groups excluding carboxylic acids is 2. The third kappa shape index (κ3) is 4.57. The summed E-state index contributed by atoms with van der Waals surface area (Å²) in [6.07, 6.45) is 0. The zero-order valence-electron chi connectivity index (χ0n) is 14.7. The highest BCUT2D eigenvalue weighted by atomic mass is 32.1. The minimum Gasteiger partial charge on any atom is -0.462 e. The van der Waals surface area contributed by atoms with Crippen molar-refractivity contribution in [2.75, 3.05) is 13.2 Å². The van der Waals surface area contributed by atoms with Crippen LogP contribution in [0.4, 0.5) is 16.5 Å². The lowest BCUT2D eigenvalue weighted by Crippen LogP contribution is -2.12. The van der Waals surface area contributed by atoms with E-state index in [1.165, 1.54) is 0 Å². The van der Waals surface area contributed by atoms with E-state index < -0.39 is 11.9 Å². The highest BCUT2D eigenvalue weighted by molar-refractivity contribution is 7.17. The Bertz CT molecular complexity index is 825. The second-order valence-electron chi connectivity index (χ2n) is 4.94. The van der Waals surface area contributed by atoms with Gasteiger partial charge in [-0.1, -0.05) is 11.3 Å². The van der Waals surface area contributed by atoms with Gasteiger partial charge in [-0.25, -0.2) is 14.6 Å². The minimum absolute atomic E-state index is 0.0437. The molecule has 1 aromatic carbocycles. The molecule has 0 unspecified atom stereocenters. The van der Waals surface area contributed by atoms with Crippen LogP contribution in [0.15, 0.2) is 33.4 Å². The number of carbonyl (C=O) groups is 2. The van der Waals surface area contributed by atoms with Crippen LogP contribution in [-0.4, -0.2) is 36.9 Å².